The summed E-state index contributed by atoms with van der Waals surface area (Å²) in [5.74, 6) is 0.708. The summed E-state index contributed by atoms with van der Waals surface area (Å²) in [4.78, 5) is 16.7. The fourth-order valence-corrected chi connectivity index (χ4v) is 2.62. The minimum absolute atomic E-state index is 0.0941. The molecule has 0 spiro atoms. The molecule has 4 nitrogen and oxygen atoms in total. The molecular formula is C23H22N2O2. The van der Waals surface area contributed by atoms with Crippen molar-refractivity contribution in [3.05, 3.63) is 78.4 Å². The number of benzene rings is 2. The molecule has 0 aliphatic carbocycles. The summed E-state index contributed by atoms with van der Waals surface area (Å²) in [7, 11) is 1.65. The van der Waals surface area contributed by atoms with Gasteiger partial charge in [-0.2, -0.15) is 0 Å². The predicted molar refractivity (Wildman–Crippen MR) is 110 cm³/mol. The monoisotopic (exact) mass is 358 g/mol. The number of methoxy groups -OCH3 is 1. The van der Waals surface area contributed by atoms with Gasteiger partial charge in [-0.3, -0.25) is 4.79 Å². The van der Waals surface area contributed by atoms with E-state index in [0.29, 0.717) is 5.57 Å². The summed E-state index contributed by atoms with van der Waals surface area (Å²) in [5, 5.41) is 2.88. The van der Waals surface area contributed by atoms with Gasteiger partial charge in [0.2, 0.25) is 0 Å². The highest BCUT2D eigenvalue weighted by molar-refractivity contribution is 6.03. The molecule has 1 N–H and O–H groups in total. The molecule has 0 saturated heterocycles. The van der Waals surface area contributed by atoms with Crippen LogP contribution in [0.5, 0.6) is 5.75 Å². The van der Waals surface area contributed by atoms with Crippen molar-refractivity contribution in [1.29, 1.82) is 0 Å². The number of anilines is 1. The number of rotatable bonds is 5. The molecule has 4 heteroatoms. The molecule has 1 amide bonds. The van der Waals surface area contributed by atoms with Crippen molar-refractivity contribution in [3.63, 3.8) is 0 Å². The summed E-state index contributed by atoms with van der Waals surface area (Å²) < 4.78 is 5.29. The Labute approximate surface area is 159 Å². The molecule has 0 aliphatic rings. The summed E-state index contributed by atoms with van der Waals surface area (Å²) in [5.41, 5.74) is 5.19. The Morgan fingerprint density at radius 3 is 2.30 bits per heavy atom. The van der Waals surface area contributed by atoms with Crippen molar-refractivity contribution in [1.82, 2.24) is 4.98 Å². The SMILES string of the molecule is C/C=C(\C)C(=O)Nc1ccc(-c2cccc(-c3cccc(OC)c3)n2)cc1. The summed E-state index contributed by atoms with van der Waals surface area (Å²) in [6.45, 7) is 3.64. The van der Waals surface area contributed by atoms with E-state index in [1.165, 1.54) is 0 Å². The number of amides is 1. The van der Waals surface area contributed by atoms with Crippen molar-refractivity contribution < 1.29 is 9.53 Å². The minimum atomic E-state index is -0.0941. The zero-order valence-electron chi connectivity index (χ0n) is 15.7. The van der Waals surface area contributed by atoms with Gasteiger partial charge in [-0.25, -0.2) is 4.98 Å². The molecule has 27 heavy (non-hydrogen) atoms. The number of nitrogens with one attached hydrogen (secondary N) is 1. The smallest absolute Gasteiger partial charge is 0.250 e. The van der Waals surface area contributed by atoms with Crippen LogP contribution < -0.4 is 10.1 Å². The van der Waals surface area contributed by atoms with Gasteiger partial charge in [-0.15, -0.1) is 0 Å². The van der Waals surface area contributed by atoms with E-state index in [1.807, 2.05) is 73.7 Å². The lowest BCUT2D eigenvalue weighted by Crippen LogP contribution is -2.12. The van der Waals surface area contributed by atoms with Crippen molar-refractivity contribution in [2.75, 3.05) is 12.4 Å². The molecular weight excluding hydrogens is 336 g/mol. The normalized spacial score (nSPS) is 11.1. The highest BCUT2D eigenvalue weighted by Crippen LogP contribution is 2.26. The number of carbonyl (C=O) groups excluding carboxylic acids is 1. The van der Waals surface area contributed by atoms with E-state index in [0.717, 1.165) is 34.0 Å². The lowest BCUT2D eigenvalue weighted by Gasteiger charge is -2.08. The minimum Gasteiger partial charge on any atom is -0.497 e. The van der Waals surface area contributed by atoms with Gasteiger partial charge in [0.1, 0.15) is 5.75 Å². The molecule has 2 aromatic carbocycles. The maximum absolute atomic E-state index is 12.0. The van der Waals surface area contributed by atoms with Gasteiger partial charge >= 0.3 is 0 Å². The maximum Gasteiger partial charge on any atom is 0.250 e. The second-order valence-corrected chi connectivity index (χ2v) is 6.14. The quantitative estimate of drug-likeness (QED) is 0.627. The van der Waals surface area contributed by atoms with E-state index in [9.17, 15) is 4.79 Å². The number of ether oxygens (including phenoxy) is 1. The fourth-order valence-electron chi connectivity index (χ4n) is 2.62. The van der Waals surface area contributed by atoms with E-state index >= 15 is 0 Å². The lowest BCUT2D eigenvalue weighted by atomic mass is 10.1. The van der Waals surface area contributed by atoms with E-state index in [-0.39, 0.29) is 5.91 Å². The molecule has 0 fully saturated rings. The van der Waals surface area contributed by atoms with Crippen molar-refractivity contribution in [2.24, 2.45) is 0 Å². The average molecular weight is 358 g/mol. The van der Waals surface area contributed by atoms with Crippen LogP contribution in [0.1, 0.15) is 13.8 Å². The second-order valence-electron chi connectivity index (χ2n) is 6.14. The van der Waals surface area contributed by atoms with E-state index in [4.69, 9.17) is 9.72 Å². The molecule has 136 valence electrons. The standard InChI is InChI=1S/C23H22N2O2/c1-4-16(2)23(26)24-19-13-11-17(12-14-19)21-9-6-10-22(25-21)18-7-5-8-20(15-18)27-3/h4-15H,1-3H3,(H,24,26)/b16-4+. The van der Waals surface area contributed by atoms with Crippen LogP contribution in [0.3, 0.4) is 0 Å². The van der Waals surface area contributed by atoms with E-state index in [1.54, 1.807) is 20.1 Å². The molecule has 3 rings (SSSR count). The Hall–Kier alpha value is -3.40. The highest BCUT2D eigenvalue weighted by Gasteiger charge is 2.07. The highest BCUT2D eigenvalue weighted by atomic mass is 16.5. The van der Waals surface area contributed by atoms with Crippen LogP contribution >= 0.6 is 0 Å². The molecule has 1 aromatic heterocycles. The first kappa shape index (κ1) is 18.4. The van der Waals surface area contributed by atoms with Crippen LogP contribution in [0.15, 0.2) is 78.4 Å². The molecule has 0 bridgehead atoms. The molecule has 0 atom stereocenters. The Morgan fingerprint density at radius 1 is 0.963 bits per heavy atom. The van der Waals surface area contributed by atoms with Crippen molar-refractivity contribution in [2.45, 2.75) is 13.8 Å². The van der Waals surface area contributed by atoms with Crippen molar-refractivity contribution in [3.8, 4) is 28.3 Å². The number of nitrogens with zero attached hydrogens (tertiary/aromatic N) is 1. The third-order valence-electron chi connectivity index (χ3n) is 4.34. The van der Waals surface area contributed by atoms with Gasteiger partial charge in [-0.05, 0) is 50.2 Å². The molecule has 0 radical (unpaired) electrons. The fraction of sp³-hybridized carbons (Fsp3) is 0.130. The van der Waals surface area contributed by atoms with Crippen molar-refractivity contribution >= 4 is 11.6 Å². The maximum atomic E-state index is 12.0. The lowest BCUT2D eigenvalue weighted by molar-refractivity contribution is -0.112. The van der Waals surface area contributed by atoms with E-state index in [2.05, 4.69) is 5.32 Å². The first-order valence-electron chi connectivity index (χ1n) is 8.77. The van der Waals surface area contributed by atoms with Crippen LogP contribution in [0.2, 0.25) is 0 Å². The van der Waals surface area contributed by atoms with Crippen LogP contribution in [0, 0.1) is 0 Å². The second kappa shape index (κ2) is 8.32. The number of hydrogen-bond donors (Lipinski definition) is 1. The average Bonchev–Trinajstić information content (AvgIpc) is 2.73. The van der Waals surface area contributed by atoms with Crippen LogP contribution in [0.4, 0.5) is 5.69 Å². The third kappa shape index (κ3) is 4.42. The topological polar surface area (TPSA) is 51.2 Å². The summed E-state index contributed by atoms with van der Waals surface area (Å²) in [6.07, 6.45) is 1.79. The van der Waals surface area contributed by atoms with Gasteiger partial charge in [0.05, 0.1) is 18.5 Å². The molecule has 3 aromatic rings. The summed E-state index contributed by atoms with van der Waals surface area (Å²) in [6, 6.07) is 21.5. The predicted octanol–water partition coefficient (Wildman–Crippen LogP) is 5.33. The Morgan fingerprint density at radius 2 is 1.63 bits per heavy atom. The van der Waals surface area contributed by atoms with Gasteiger partial charge in [0.15, 0.2) is 0 Å². The zero-order valence-corrected chi connectivity index (χ0v) is 15.7. The van der Waals surface area contributed by atoms with Crippen LogP contribution in [0.25, 0.3) is 22.5 Å². The number of carbonyl (C=O) groups is 1. The summed E-state index contributed by atoms with van der Waals surface area (Å²) >= 11 is 0. The molecule has 0 unspecified atom stereocenters. The molecule has 0 aliphatic heterocycles. The molecule has 0 saturated carbocycles. The number of hydrogen-bond acceptors (Lipinski definition) is 3. The number of allylic oxidation sites excluding steroid dienone is 1. The van der Waals surface area contributed by atoms with Crippen LogP contribution in [-0.4, -0.2) is 18.0 Å². The van der Waals surface area contributed by atoms with Gasteiger partial charge in [0, 0.05) is 22.4 Å². The Bertz CT molecular complexity index is 976. The third-order valence-corrected chi connectivity index (χ3v) is 4.34. The Balaban J connectivity index is 1.83. The first-order chi connectivity index (χ1) is 13.1. The first-order valence-corrected chi connectivity index (χ1v) is 8.77. The number of aromatic nitrogens is 1. The zero-order chi connectivity index (χ0) is 19.2. The van der Waals surface area contributed by atoms with Crippen LogP contribution in [-0.2, 0) is 4.79 Å². The van der Waals surface area contributed by atoms with Gasteiger partial charge in [-0.1, -0.05) is 36.4 Å². The van der Waals surface area contributed by atoms with Gasteiger partial charge in [0.25, 0.3) is 5.91 Å². The number of pyridine rings is 1. The van der Waals surface area contributed by atoms with Gasteiger partial charge < -0.3 is 10.1 Å². The Kier molecular flexibility index (Phi) is 5.67. The molecule has 1 heterocycles. The van der Waals surface area contributed by atoms with E-state index < -0.39 is 0 Å². The largest absolute Gasteiger partial charge is 0.497 e.